The number of unbranched alkanes of at least 4 members (excludes halogenated alkanes) is 3. The van der Waals surface area contributed by atoms with Gasteiger partial charge in [0.15, 0.2) is 0 Å². The van der Waals surface area contributed by atoms with E-state index >= 15 is 0 Å². The highest BCUT2D eigenvalue weighted by Crippen LogP contribution is 2.24. The highest BCUT2D eigenvalue weighted by atomic mass is 16.6. The molecule has 1 unspecified atom stereocenters. The van der Waals surface area contributed by atoms with Crippen LogP contribution in [-0.2, 0) is 4.79 Å². The lowest BCUT2D eigenvalue weighted by Gasteiger charge is -2.18. The van der Waals surface area contributed by atoms with Gasteiger partial charge in [-0.15, -0.1) is 0 Å². The van der Waals surface area contributed by atoms with E-state index in [0.29, 0.717) is 12.0 Å². The molecule has 0 bridgehead atoms. The fourth-order valence-electron chi connectivity index (χ4n) is 2.02. The zero-order valence-electron chi connectivity index (χ0n) is 11.0. The number of carboxylic acid groups (broad SMARTS) is 1. The molecule has 1 aromatic carbocycles. The van der Waals surface area contributed by atoms with E-state index in [-0.39, 0.29) is 5.69 Å². The Morgan fingerprint density at radius 2 is 1.84 bits per heavy atom. The van der Waals surface area contributed by atoms with Gasteiger partial charge >= 0.3 is 0 Å². The van der Waals surface area contributed by atoms with Crippen LogP contribution < -0.4 is 5.11 Å². The second-order valence-corrected chi connectivity index (χ2v) is 4.57. The van der Waals surface area contributed by atoms with Gasteiger partial charge in [0, 0.05) is 24.0 Å². The van der Waals surface area contributed by atoms with Crippen LogP contribution in [0, 0.1) is 10.1 Å². The Morgan fingerprint density at radius 1 is 1.21 bits per heavy atom. The SMILES string of the molecule is CCCCCCC(C(=O)[O-])c1ccc([N+](=O)[O-])cc1. The standard InChI is InChI=1S/C14H19NO4/c1-2-3-4-5-6-13(14(16)17)11-7-9-12(10-8-11)15(18)19/h7-10,13H,2-6H2,1H3,(H,16,17)/p-1. The molecule has 0 saturated heterocycles. The Balaban J connectivity index is 2.70. The molecule has 0 heterocycles. The van der Waals surface area contributed by atoms with Crippen LogP contribution >= 0.6 is 0 Å². The molecule has 1 aromatic rings. The zero-order chi connectivity index (χ0) is 14.3. The summed E-state index contributed by atoms with van der Waals surface area (Å²) in [5.74, 6) is -1.80. The first-order valence-corrected chi connectivity index (χ1v) is 6.51. The molecule has 104 valence electrons. The summed E-state index contributed by atoms with van der Waals surface area (Å²) >= 11 is 0. The zero-order valence-corrected chi connectivity index (χ0v) is 11.0. The van der Waals surface area contributed by atoms with Gasteiger partial charge in [0.05, 0.1) is 4.92 Å². The normalized spacial score (nSPS) is 12.1. The molecule has 0 aromatic heterocycles. The summed E-state index contributed by atoms with van der Waals surface area (Å²) in [6.07, 6.45) is 4.50. The van der Waals surface area contributed by atoms with Crippen LogP contribution in [0.2, 0.25) is 0 Å². The van der Waals surface area contributed by atoms with Gasteiger partial charge in [-0.3, -0.25) is 10.1 Å². The van der Waals surface area contributed by atoms with Crippen LogP contribution in [0.1, 0.15) is 50.5 Å². The maximum Gasteiger partial charge on any atom is 0.269 e. The molecule has 0 N–H and O–H groups in total. The predicted octanol–water partition coefficient (Wildman–Crippen LogP) is 2.40. The topological polar surface area (TPSA) is 83.3 Å². The van der Waals surface area contributed by atoms with Crippen LogP contribution in [0.15, 0.2) is 24.3 Å². The van der Waals surface area contributed by atoms with E-state index in [1.54, 1.807) is 0 Å². The number of nitro benzene ring substituents is 1. The van der Waals surface area contributed by atoms with E-state index in [4.69, 9.17) is 0 Å². The van der Waals surface area contributed by atoms with Crippen LogP contribution in [0.5, 0.6) is 0 Å². The highest BCUT2D eigenvalue weighted by Gasteiger charge is 2.14. The van der Waals surface area contributed by atoms with E-state index in [2.05, 4.69) is 6.92 Å². The van der Waals surface area contributed by atoms with Gasteiger partial charge < -0.3 is 9.90 Å². The predicted molar refractivity (Wildman–Crippen MR) is 69.6 cm³/mol. The number of rotatable bonds is 8. The summed E-state index contributed by atoms with van der Waals surface area (Å²) in [6, 6.07) is 5.66. The van der Waals surface area contributed by atoms with Gasteiger partial charge in [-0.2, -0.15) is 0 Å². The number of hydrogen-bond donors (Lipinski definition) is 0. The van der Waals surface area contributed by atoms with Crippen LogP contribution in [-0.4, -0.2) is 10.9 Å². The molecule has 1 atom stereocenters. The van der Waals surface area contributed by atoms with E-state index in [0.717, 1.165) is 25.7 Å². The molecule has 0 amide bonds. The summed E-state index contributed by atoms with van der Waals surface area (Å²) in [5, 5.41) is 21.7. The minimum atomic E-state index is -1.12. The number of carbonyl (C=O) groups excluding carboxylic acids is 1. The smallest absolute Gasteiger partial charge is 0.269 e. The summed E-state index contributed by atoms with van der Waals surface area (Å²) in [5.41, 5.74) is 0.536. The molecule has 5 heteroatoms. The number of carbonyl (C=O) groups is 1. The lowest BCUT2D eigenvalue weighted by Crippen LogP contribution is -2.29. The Hall–Kier alpha value is -1.91. The van der Waals surface area contributed by atoms with Crippen LogP contribution in [0.3, 0.4) is 0 Å². The van der Waals surface area contributed by atoms with Gasteiger partial charge in [0.2, 0.25) is 0 Å². The quantitative estimate of drug-likeness (QED) is 0.410. The summed E-state index contributed by atoms with van der Waals surface area (Å²) < 4.78 is 0. The van der Waals surface area contributed by atoms with E-state index in [1.165, 1.54) is 24.3 Å². The van der Waals surface area contributed by atoms with Crippen molar-refractivity contribution in [1.29, 1.82) is 0 Å². The third kappa shape index (κ3) is 4.69. The number of non-ortho nitro benzene ring substituents is 1. The number of carboxylic acids is 1. The fraction of sp³-hybridized carbons (Fsp3) is 0.500. The third-order valence-corrected chi connectivity index (χ3v) is 3.14. The average molecular weight is 264 g/mol. The Morgan fingerprint density at radius 3 is 2.32 bits per heavy atom. The first-order chi connectivity index (χ1) is 9.06. The number of nitro groups is 1. The first kappa shape index (κ1) is 15.1. The van der Waals surface area contributed by atoms with Crippen LogP contribution in [0.4, 0.5) is 5.69 Å². The molecule has 0 saturated carbocycles. The Labute approximate surface area is 112 Å². The molecule has 0 aliphatic heterocycles. The van der Waals surface area contributed by atoms with Gasteiger partial charge in [0.1, 0.15) is 0 Å². The van der Waals surface area contributed by atoms with Gasteiger partial charge in [0.25, 0.3) is 5.69 Å². The Bertz CT molecular complexity index is 428. The molecule has 0 aliphatic carbocycles. The van der Waals surface area contributed by atoms with E-state index < -0.39 is 16.8 Å². The van der Waals surface area contributed by atoms with Crippen molar-refractivity contribution >= 4 is 11.7 Å². The summed E-state index contributed by atoms with van der Waals surface area (Å²) in [6.45, 7) is 2.09. The lowest BCUT2D eigenvalue weighted by atomic mass is 9.93. The molecule has 5 nitrogen and oxygen atoms in total. The molecule has 0 spiro atoms. The van der Waals surface area contributed by atoms with Crippen molar-refractivity contribution in [3.8, 4) is 0 Å². The first-order valence-electron chi connectivity index (χ1n) is 6.51. The number of benzene rings is 1. The monoisotopic (exact) mass is 264 g/mol. The summed E-state index contributed by atoms with van der Waals surface area (Å²) in [4.78, 5) is 21.2. The second-order valence-electron chi connectivity index (χ2n) is 4.57. The highest BCUT2D eigenvalue weighted by molar-refractivity contribution is 5.74. The molecule has 1 rings (SSSR count). The van der Waals surface area contributed by atoms with Crippen molar-refractivity contribution in [2.45, 2.75) is 44.9 Å². The molecule has 0 fully saturated rings. The van der Waals surface area contributed by atoms with Crippen molar-refractivity contribution < 1.29 is 14.8 Å². The van der Waals surface area contributed by atoms with Gasteiger partial charge in [-0.05, 0) is 12.0 Å². The minimum absolute atomic E-state index is 0.0353. The minimum Gasteiger partial charge on any atom is -0.549 e. The maximum absolute atomic E-state index is 11.1. The average Bonchev–Trinajstić information content (AvgIpc) is 2.38. The van der Waals surface area contributed by atoms with Crippen LogP contribution in [0.25, 0.3) is 0 Å². The van der Waals surface area contributed by atoms with Crippen molar-refractivity contribution in [1.82, 2.24) is 0 Å². The lowest BCUT2D eigenvalue weighted by molar-refractivity contribution is -0.384. The van der Waals surface area contributed by atoms with Crippen molar-refractivity contribution in [3.05, 3.63) is 39.9 Å². The summed E-state index contributed by atoms with van der Waals surface area (Å²) in [7, 11) is 0. The third-order valence-electron chi connectivity index (χ3n) is 3.14. The van der Waals surface area contributed by atoms with Crippen molar-refractivity contribution in [2.24, 2.45) is 0 Å². The number of aliphatic carboxylic acids is 1. The van der Waals surface area contributed by atoms with E-state index in [9.17, 15) is 20.0 Å². The van der Waals surface area contributed by atoms with E-state index in [1.807, 2.05) is 0 Å². The Kier molecular flexibility index (Phi) is 5.99. The van der Waals surface area contributed by atoms with Gasteiger partial charge in [-0.1, -0.05) is 44.7 Å². The van der Waals surface area contributed by atoms with Crippen molar-refractivity contribution in [2.75, 3.05) is 0 Å². The van der Waals surface area contributed by atoms with Crippen molar-refractivity contribution in [3.63, 3.8) is 0 Å². The molecule has 0 aliphatic rings. The maximum atomic E-state index is 11.1. The van der Waals surface area contributed by atoms with Gasteiger partial charge in [-0.25, -0.2) is 0 Å². The number of nitrogens with zero attached hydrogens (tertiary/aromatic N) is 1. The molecular weight excluding hydrogens is 246 g/mol. The molecule has 19 heavy (non-hydrogen) atoms. The second kappa shape index (κ2) is 7.51. The largest absolute Gasteiger partial charge is 0.549 e. The molecule has 0 radical (unpaired) electrons. The molecular formula is C14H18NO4-. The fourth-order valence-corrected chi connectivity index (χ4v) is 2.02. The number of hydrogen-bond acceptors (Lipinski definition) is 4.